The zero-order chi connectivity index (χ0) is 31.1. The Morgan fingerprint density at radius 2 is 1.86 bits per heavy atom. The van der Waals surface area contributed by atoms with Crippen LogP contribution in [0.25, 0.3) is 22.4 Å². The SMILES string of the molecule is Cc1cn(C)nc1-c1ccc(Nc2cc(Nc3cnc(C)c(C)n3)nc3c2nc(C(F)F)n3C2CCCCO2)c(S(=O)O)c1. The third-order valence-corrected chi connectivity index (χ3v) is 8.20. The van der Waals surface area contributed by atoms with Gasteiger partial charge in [0.1, 0.15) is 23.4 Å². The van der Waals surface area contributed by atoms with E-state index in [9.17, 15) is 17.5 Å². The van der Waals surface area contributed by atoms with Gasteiger partial charge < -0.3 is 19.9 Å². The molecule has 0 aliphatic carbocycles. The van der Waals surface area contributed by atoms with Gasteiger partial charge in [0.25, 0.3) is 6.43 Å². The Labute approximate surface area is 254 Å². The van der Waals surface area contributed by atoms with Crippen molar-refractivity contribution in [2.45, 2.75) is 57.6 Å². The van der Waals surface area contributed by atoms with Crippen molar-refractivity contribution in [1.82, 2.24) is 34.3 Å². The first-order valence-electron chi connectivity index (χ1n) is 14.0. The molecule has 1 aliphatic heterocycles. The molecule has 15 heteroatoms. The van der Waals surface area contributed by atoms with Crippen molar-refractivity contribution >= 4 is 45.3 Å². The molecule has 3 N–H and O–H groups in total. The Bertz CT molecular complexity index is 1890. The monoisotopic (exact) mass is 623 g/mol. The summed E-state index contributed by atoms with van der Waals surface area (Å²) in [5.41, 5.74) is 4.62. The summed E-state index contributed by atoms with van der Waals surface area (Å²) in [6.45, 7) is 6.01. The lowest BCUT2D eigenvalue weighted by atomic mass is 10.1. The van der Waals surface area contributed by atoms with Crippen molar-refractivity contribution in [3.8, 4) is 11.3 Å². The van der Waals surface area contributed by atoms with Crippen molar-refractivity contribution in [2.75, 3.05) is 17.2 Å². The lowest BCUT2D eigenvalue weighted by molar-refractivity contribution is -0.0363. The van der Waals surface area contributed by atoms with Gasteiger partial charge in [-0.1, -0.05) is 6.07 Å². The van der Waals surface area contributed by atoms with E-state index in [2.05, 4.69) is 35.7 Å². The van der Waals surface area contributed by atoms with Gasteiger partial charge in [0, 0.05) is 31.5 Å². The van der Waals surface area contributed by atoms with Crippen molar-refractivity contribution < 1.29 is 22.3 Å². The van der Waals surface area contributed by atoms with Crippen LogP contribution in [0.2, 0.25) is 0 Å². The number of halogens is 2. The molecule has 0 radical (unpaired) electrons. The molecule has 44 heavy (non-hydrogen) atoms. The summed E-state index contributed by atoms with van der Waals surface area (Å²) in [5, 5.41) is 10.8. The highest BCUT2D eigenvalue weighted by atomic mass is 32.2. The quantitative estimate of drug-likeness (QED) is 0.170. The maximum Gasteiger partial charge on any atom is 0.295 e. The number of hydrogen-bond acceptors (Lipinski definition) is 9. The lowest BCUT2D eigenvalue weighted by Gasteiger charge is -2.25. The van der Waals surface area contributed by atoms with Gasteiger partial charge in [-0.15, -0.1) is 0 Å². The molecule has 230 valence electrons. The summed E-state index contributed by atoms with van der Waals surface area (Å²) < 4.78 is 60.5. The first kappa shape index (κ1) is 29.7. The number of imidazole rings is 1. The van der Waals surface area contributed by atoms with E-state index in [1.807, 2.05) is 27.0 Å². The second-order valence-electron chi connectivity index (χ2n) is 10.7. The summed E-state index contributed by atoms with van der Waals surface area (Å²) in [6.07, 6.45) is 2.01. The van der Waals surface area contributed by atoms with Crippen LogP contribution in [-0.2, 0) is 22.9 Å². The number of pyridine rings is 1. The van der Waals surface area contributed by atoms with Gasteiger partial charge in [-0.05, 0) is 57.7 Å². The smallest absolute Gasteiger partial charge is 0.295 e. The molecule has 5 aromatic rings. The maximum absolute atomic E-state index is 14.4. The van der Waals surface area contributed by atoms with E-state index in [1.54, 1.807) is 42.2 Å². The fraction of sp³-hybridized carbons (Fsp3) is 0.345. The topological polar surface area (TPSA) is 145 Å². The summed E-state index contributed by atoms with van der Waals surface area (Å²) in [6, 6.07) is 6.59. The fourth-order valence-electron chi connectivity index (χ4n) is 5.29. The number of benzene rings is 1. The van der Waals surface area contributed by atoms with Crippen LogP contribution >= 0.6 is 0 Å². The number of nitrogens with zero attached hydrogens (tertiary/aromatic N) is 7. The highest BCUT2D eigenvalue weighted by Gasteiger charge is 2.29. The molecule has 0 bridgehead atoms. The molecular formula is C29H31F2N9O3S. The molecule has 1 aliphatic rings. The Morgan fingerprint density at radius 1 is 1.05 bits per heavy atom. The number of anilines is 4. The summed E-state index contributed by atoms with van der Waals surface area (Å²) in [7, 11) is 1.80. The molecule has 12 nitrogen and oxygen atoms in total. The van der Waals surface area contributed by atoms with Crippen LogP contribution < -0.4 is 10.6 Å². The maximum atomic E-state index is 14.4. The first-order valence-corrected chi connectivity index (χ1v) is 15.1. The zero-order valence-corrected chi connectivity index (χ0v) is 25.3. The highest BCUT2D eigenvalue weighted by Crippen LogP contribution is 2.38. The highest BCUT2D eigenvalue weighted by molar-refractivity contribution is 7.79. The van der Waals surface area contributed by atoms with E-state index in [0.29, 0.717) is 41.5 Å². The molecule has 4 aromatic heterocycles. The van der Waals surface area contributed by atoms with Crippen LogP contribution in [-0.4, -0.2) is 49.7 Å². The third-order valence-electron chi connectivity index (χ3n) is 7.49. The van der Waals surface area contributed by atoms with Gasteiger partial charge in [0.15, 0.2) is 22.6 Å². The minimum absolute atomic E-state index is 0.0798. The number of aryl methyl sites for hydroxylation is 4. The number of hydrogen-bond donors (Lipinski definition) is 3. The van der Waals surface area contributed by atoms with E-state index >= 15 is 0 Å². The molecule has 2 atom stereocenters. The Morgan fingerprint density at radius 3 is 2.52 bits per heavy atom. The van der Waals surface area contributed by atoms with Crippen LogP contribution in [0.15, 0.2) is 41.6 Å². The number of nitrogens with one attached hydrogen (secondary N) is 2. The predicted octanol–water partition coefficient (Wildman–Crippen LogP) is 6.25. The molecule has 1 saturated heterocycles. The van der Waals surface area contributed by atoms with Crippen LogP contribution in [0, 0.1) is 20.8 Å². The molecule has 1 aromatic carbocycles. The van der Waals surface area contributed by atoms with E-state index in [0.717, 1.165) is 24.1 Å². The van der Waals surface area contributed by atoms with E-state index < -0.39 is 29.6 Å². The Hall–Kier alpha value is -4.34. The van der Waals surface area contributed by atoms with Crippen molar-refractivity contribution in [1.29, 1.82) is 0 Å². The number of aromatic nitrogens is 7. The Balaban J connectivity index is 1.50. The second-order valence-corrected chi connectivity index (χ2v) is 11.6. The first-order chi connectivity index (χ1) is 21.1. The van der Waals surface area contributed by atoms with Gasteiger partial charge in [-0.25, -0.2) is 27.9 Å². The second kappa shape index (κ2) is 12.0. The van der Waals surface area contributed by atoms with Gasteiger partial charge in [-0.3, -0.25) is 14.2 Å². The molecule has 5 heterocycles. The molecule has 6 rings (SSSR count). The zero-order valence-electron chi connectivity index (χ0n) is 24.5. The van der Waals surface area contributed by atoms with Crippen LogP contribution in [0.4, 0.5) is 31.8 Å². The predicted molar refractivity (Wildman–Crippen MR) is 162 cm³/mol. The molecule has 0 spiro atoms. The summed E-state index contributed by atoms with van der Waals surface area (Å²) >= 11 is -2.40. The molecule has 0 amide bonds. The van der Waals surface area contributed by atoms with E-state index in [-0.39, 0.29) is 27.6 Å². The standard InChI is InChI=1S/C29H31F2N9O3S/c1-15-14-39(4)38-25(15)18-8-9-19(21(11-18)44(41)42)34-20-12-22(35-23-13-32-16(2)17(3)33-23)36-28-26(20)37-29(27(30)31)40(28)24-7-5-6-10-43-24/h8-9,11-14,24,27H,5-7,10H2,1-4H3,(H,41,42)(H2,33,34,35,36). The Kier molecular flexibility index (Phi) is 8.09. The van der Waals surface area contributed by atoms with Crippen molar-refractivity contribution in [3.63, 3.8) is 0 Å². The fourth-order valence-corrected chi connectivity index (χ4v) is 5.83. The molecular weight excluding hydrogens is 592 g/mol. The normalized spacial score (nSPS) is 16.0. The molecule has 0 saturated carbocycles. The van der Waals surface area contributed by atoms with Gasteiger partial charge in [-0.2, -0.15) is 5.10 Å². The number of fused-ring (bicyclic) bond motifs is 1. The van der Waals surface area contributed by atoms with E-state index in [1.165, 1.54) is 4.57 Å². The largest absolute Gasteiger partial charge is 0.358 e. The third kappa shape index (κ3) is 5.77. The van der Waals surface area contributed by atoms with Crippen LogP contribution in [0.3, 0.4) is 0 Å². The minimum Gasteiger partial charge on any atom is -0.358 e. The van der Waals surface area contributed by atoms with Crippen molar-refractivity contribution in [3.05, 3.63) is 59.4 Å². The average Bonchev–Trinajstić information content (AvgIpc) is 3.55. The number of rotatable bonds is 8. The lowest BCUT2D eigenvalue weighted by Crippen LogP contribution is -2.20. The van der Waals surface area contributed by atoms with Crippen molar-refractivity contribution in [2.24, 2.45) is 7.05 Å². The number of ether oxygens (including phenoxy) is 1. The van der Waals surface area contributed by atoms with Gasteiger partial charge in [0.05, 0.1) is 39.5 Å². The van der Waals surface area contributed by atoms with Crippen LogP contribution in [0.1, 0.15) is 54.7 Å². The van der Waals surface area contributed by atoms with E-state index in [4.69, 9.17) is 4.74 Å². The minimum atomic E-state index is -2.90. The summed E-state index contributed by atoms with van der Waals surface area (Å²) in [5.74, 6) is 0.215. The van der Waals surface area contributed by atoms with Gasteiger partial charge >= 0.3 is 0 Å². The average molecular weight is 624 g/mol. The number of alkyl halides is 2. The molecule has 2 unspecified atom stereocenters. The summed E-state index contributed by atoms with van der Waals surface area (Å²) in [4.78, 5) is 17.9. The van der Waals surface area contributed by atoms with Crippen LogP contribution in [0.5, 0.6) is 0 Å². The molecule has 1 fully saturated rings. The van der Waals surface area contributed by atoms with Gasteiger partial charge in [0.2, 0.25) is 0 Å².